The van der Waals surface area contributed by atoms with Gasteiger partial charge in [0.25, 0.3) is 0 Å². The van der Waals surface area contributed by atoms with Gasteiger partial charge in [-0.1, -0.05) is 25.7 Å². The molecule has 0 aromatic carbocycles. The summed E-state index contributed by atoms with van der Waals surface area (Å²) < 4.78 is 35.1. The first-order valence-corrected chi connectivity index (χ1v) is 5.06. The van der Waals surface area contributed by atoms with Gasteiger partial charge < -0.3 is 0 Å². The first kappa shape index (κ1) is 13.4. The van der Waals surface area contributed by atoms with E-state index in [4.69, 9.17) is 6.42 Å². The average molecular weight is 206 g/mol. The molecule has 0 bridgehead atoms. The van der Waals surface area contributed by atoms with Crippen LogP contribution >= 0.6 is 0 Å². The van der Waals surface area contributed by atoms with Crippen molar-refractivity contribution in [1.82, 2.24) is 0 Å². The van der Waals surface area contributed by atoms with Crippen LogP contribution in [0.2, 0.25) is 0 Å². The SMILES string of the molecule is C#CCCCCCCCCC(F)(F)F. The second-order valence-corrected chi connectivity index (χ2v) is 3.44. The van der Waals surface area contributed by atoms with Crippen LogP contribution in [0.4, 0.5) is 13.2 Å². The molecule has 0 aliphatic carbocycles. The van der Waals surface area contributed by atoms with E-state index in [1.807, 2.05) is 0 Å². The Hall–Kier alpha value is -0.650. The van der Waals surface area contributed by atoms with Crippen LogP contribution < -0.4 is 0 Å². The quantitative estimate of drug-likeness (QED) is 0.430. The van der Waals surface area contributed by atoms with Crippen molar-refractivity contribution in [3.63, 3.8) is 0 Å². The van der Waals surface area contributed by atoms with Gasteiger partial charge >= 0.3 is 6.18 Å². The maximum absolute atomic E-state index is 11.7. The van der Waals surface area contributed by atoms with E-state index in [1.54, 1.807) is 0 Å². The molecule has 0 atom stereocenters. The third kappa shape index (κ3) is 11.4. The highest BCUT2D eigenvalue weighted by Crippen LogP contribution is 2.23. The molecule has 0 aromatic heterocycles. The molecule has 0 amide bonds. The molecular formula is C11H17F3. The van der Waals surface area contributed by atoms with Gasteiger partial charge in [-0.15, -0.1) is 12.3 Å². The molecule has 14 heavy (non-hydrogen) atoms. The Bertz CT molecular complexity index is 164. The van der Waals surface area contributed by atoms with Crippen molar-refractivity contribution in [3.8, 4) is 12.3 Å². The Kier molecular flexibility index (Phi) is 7.37. The van der Waals surface area contributed by atoms with Crippen molar-refractivity contribution in [1.29, 1.82) is 0 Å². The summed E-state index contributed by atoms with van der Waals surface area (Å²) in [6.07, 6.45) is 6.08. The molecule has 0 radical (unpaired) electrons. The minimum atomic E-state index is -3.98. The fourth-order valence-electron chi connectivity index (χ4n) is 1.26. The molecule has 0 saturated heterocycles. The average Bonchev–Trinajstić information content (AvgIpc) is 2.08. The molecule has 3 heteroatoms. The predicted octanol–water partition coefficient (Wildman–Crippen LogP) is 4.30. The highest BCUT2D eigenvalue weighted by atomic mass is 19.4. The Morgan fingerprint density at radius 1 is 0.857 bits per heavy atom. The van der Waals surface area contributed by atoms with E-state index >= 15 is 0 Å². The summed E-state index contributed by atoms with van der Waals surface area (Å²) in [5, 5.41) is 0. The molecule has 0 aliphatic rings. The second kappa shape index (κ2) is 7.73. The summed E-state index contributed by atoms with van der Waals surface area (Å²) in [6.45, 7) is 0. The monoisotopic (exact) mass is 206 g/mol. The van der Waals surface area contributed by atoms with Crippen molar-refractivity contribution in [3.05, 3.63) is 0 Å². The highest BCUT2D eigenvalue weighted by molar-refractivity contribution is 4.82. The van der Waals surface area contributed by atoms with E-state index in [0.29, 0.717) is 6.42 Å². The van der Waals surface area contributed by atoms with Gasteiger partial charge in [0, 0.05) is 12.8 Å². The molecule has 0 rings (SSSR count). The number of hydrogen-bond acceptors (Lipinski definition) is 0. The maximum Gasteiger partial charge on any atom is 0.389 e. The number of hydrogen-bond donors (Lipinski definition) is 0. The van der Waals surface area contributed by atoms with Crippen molar-refractivity contribution in [2.45, 2.75) is 57.5 Å². The molecule has 0 nitrogen and oxygen atoms in total. The van der Waals surface area contributed by atoms with Gasteiger partial charge in [0.05, 0.1) is 0 Å². The van der Waals surface area contributed by atoms with Crippen LogP contribution in [-0.2, 0) is 0 Å². The number of halogens is 3. The molecule has 0 saturated carbocycles. The molecule has 0 spiro atoms. The molecule has 0 aliphatic heterocycles. The van der Waals surface area contributed by atoms with Crippen LogP contribution in [0.15, 0.2) is 0 Å². The van der Waals surface area contributed by atoms with Crippen LogP contribution in [0, 0.1) is 12.3 Å². The predicted molar refractivity (Wildman–Crippen MR) is 51.8 cm³/mol. The molecule has 0 fully saturated rings. The number of unbranched alkanes of at least 4 members (excludes halogenated alkanes) is 6. The van der Waals surface area contributed by atoms with Gasteiger partial charge in [0.1, 0.15) is 0 Å². The Labute approximate surface area is 83.9 Å². The van der Waals surface area contributed by atoms with Crippen LogP contribution in [0.1, 0.15) is 51.4 Å². The van der Waals surface area contributed by atoms with Gasteiger partial charge in [-0.2, -0.15) is 13.2 Å². The van der Waals surface area contributed by atoms with Crippen molar-refractivity contribution in [2.75, 3.05) is 0 Å². The van der Waals surface area contributed by atoms with Gasteiger partial charge in [0.2, 0.25) is 0 Å². The van der Waals surface area contributed by atoms with E-state index in [-0.39, 0.29) is 6.42 Å². The Morgan fingerprint density at radius 2 is 1.36 bits per heavy atom. The topological polar surface area (TPSA) is 0 Å². The van der Waals surface area contributed by atoms with Gasteiger partial charge in [-0.05, 0) is 12.8 Å². The van der Waals surface area contributed by atoms with Crippen LogP contribution in [0.25, 0.3) is 0 Å². The van der Waals surface area contributed by atoms with Gasteiger partial charge in [-0.25, -0.2) is 0 Å². The van der Waals surface area contributed by atoms with E-state index in [0.717, 1.165) is 32.1 Å². The van der Waals surface area contributed by atoms with E-state index < -0.39 is 12.6 Å². The highest BCUT2D eigenvalue weighted by Gasteiger charge is 2.25. The fourth-order valence-corrected chi connectivity index (χ4v) is 1.26. The summed E-state index contributed by atoms with van der Waals surface area (Å²) in [6, 6.07) is 0. The van der Waals surface area contributed by atoms with Crippen LogP contribution in [0.3, 0.4) is 0 Å². The zero-order valence-electron chi connectivity index (χ0n) is 8.37. The maximum atomic E-state index is 11.7. The van der Waals surface area contributed by atoms with Crippen LogP contribution in [0.5, 0.6) is 0 Å². The molecule has 0 aromatic rings. The summed E-state index contributed by atoms with van der Waals surface area (Å²) in [5.74, 6) is 2.54. The lowest BCUT2D eigenvalue weighted by Crippen LogP contribution is -2.06. The molecule has 0 N–H and O–H groups in total. The first-order chi connectivity index (χ1) is 6.56. The Balaban J connectivity index is 3.04. The van der Waals surface area contributed by atoms with Crippen molar-refractivity contribution < 1.29 is 13.2 Å². The molecular weight excluding hydrogens is 189 g/mol. The minimum Gasteiger partial charge on any atom is -0.171 e. The summed E-state index contributed by atoms with van der Waals surface area (Å²) in [5.41, 5.74) is 0. The largest absolute Gasteiger partial charge is 0.389 e. The van der Waals surface area contributed by atoms with Gasteiger partial charge in [0.15, 0.2) is 0 Å². The van der Waals surface area contributed by atoms with Crippen molar-refractivity contribution >= 4 is 0 Å². The number of alkyl halides is 3. The molecule has 0 heterocycles. The number of terminal acetylenes is 1. The lowest BCUT2D eigenvalue weighted by molar-refractivity contribution is -0.135. The van der Waals surface area contributed by atoms with E-state index in [9.17, 15) is 13.2 Å². The van der Waals surface area contributed by atoms with Gasteiger partial charge in [-0.3, -0.25) is 0 Å². The zero-order chi connectivity index (χ0) is 10.9. The lowest BCUT2D eigenvalue weighted by Gasteiger charge is -2.05. The summed E-state index contributed by atoms with van der Waals surface area (Å²) in [7, 11) is 0. The van der Waals surface area contributed by atoms with Crippen molar-refractivity contribution in [2.24, 2.45) is 0 Å². The summed E-state index contributed by atoms with van der Waals surface area (Å²) in [4.78, 5) is 0. The smallest absolute Gasteiger partial charge is 0.171 e. The van der Waals surface area contributed by atoms with E-state index in [1.165, 1.54) is 0 Å². The van der Waals surface area contributed by atoms with Crippen LogP contribution in [-0.4, -0.2) is 6.18 Å². The Morgan fingerprint density at radius 3 is 1.86 bits per heavy atom. The lowest BCUT2D eigenvalue weighted by atomic mass is 10.1. The third-order valence-electron chi connectivity index (χ3n) is 2.03. The molecule has 82 valence electrons. The van der Waals surface area contributed by atoms with E-state index in [2.05, 4.69) is 5.92 Å². The number of rotatable bonds is 7. The zero-order valence-corrected chi connectivity index (χ0v) is 8.37. The standard InChI is InChI=1S/C11H17F3/c1-2-3-4-5-6-7-8-9-10-11(12,13)14/h1H,3-10H2. The first-order valence-electron chi connectivity index (χ1n) is 5.06. The molecule has 0 unspecified atom stereocenters. The minimum absolute atomic E-state index is 0.263. The third-order valence-corrected chi connectivity index (χ3v) is 2.03. The second-order valence-electron chi connectivity index (χ2n) is 3.44. The summed E-state index contributed by atoms with van der Waals surface area (Å²) >= 11 is 0. The fraction of sp³-hybridized carbons (Fsp3) is 0.818. The normalized spacial score (nSPS) is 11.3.